The molecule has 4 aromatic rings. The van der Waals surface area contributed by atoms with Gasteiger partial charge in [0.1, 0.15) is 11.5 Å². The number of rotatable bonds is 2. The summed E-state index contributed by atoms with van der Waals surface area (Å²) in [7, 11) is 1.80. The van der Waals surface area contributed by atoms with Crippen LogP contribution >= 0.6 is 0 Å². The summed E-state index contributed by atoms with van der Waals surface area (Å²) in [4.78, 5) is 15.7. The second-order valence-electron chi connectivity index (χ2n) is 8.82. The van der Waals surface area contributed by atoms with Gasteiger partial charge in [-0.2, -0.15) is 15.1 Å². The first-order chi connectivity index (χ1) is 15.2. The Labute approximate surface area is 181 Å². The number of imidazole rings is 1. The third-order valence-corrected chi connectivity index (χ3v) is 6.90. The number of aromatic nitrogens is 6. The molecular formula is C23H30N8. The van der Waals surface area contributed by atoms with Gasteiger partial charge in [0.25, 0.3) is 0 Å². The predicted octanol–water partition coefficient (Wildman–Crippen LogP) is 4.80. The van der Waals surface area contributed by atoms with Crippen molar-refractivity contribution in [2.45, 2.75) is 57.8 Å². The summed E-state index contributed by atoms with van der Waals surface area (Å²) >= 11 is 0. The van der Waals surface area contributed by atoms with Crippen LogP contribution in [0, 0.1) is 5.41 Å². The Morgan fingerprint density at radius 1 is 1.03 bits per heavy atom. The normalized spacial score (nSPS) is 17.7. The number of hydrogen-bond acceptors (Lipinski definition) is 6. The highest BCUT2D eigenvalue weighted by molar-refractivity contribution is 6.00. The van der Waals surface area contributed by atoms with Crippen LogP contribution in [0.5, 0.6) is 0 Å². The second-order valence-corrected chi connectivity index (χ2v) is 8.82. The lowest BCUT2D eigenvalue weighted by Crippen LogP contribution is -2.19. The Morgan fingerprint density at radius 2 is 1.77 bits per heavy atom. The molecule has 2 saturated carbocycles. The van der Waals surface area contributed by atoms with Gasteiger partial charge in [-0.15, -0.1) is 0 Å². The Bertz CT molecular complexity index is 1180. The molecule has 0 bridgehead atoms. The van der Waals surface area contributed by atoms with E-state index in [9.17, 15) is 0 Å². The molecule has 0 aliphatic heterocycles. The molecule has 2 aliphatic rings. The molecule has 0 saturated heterocycles. The minimum atomic E-state index is 0.221. The molecule has 2 aliphatic carbocycles. The van der Waals surface area contributed by atoms with Crippen molar-refractivity contribution in [2.75, 3.05) is 18.1 Å². The number of nitrogens with two attached hydrogens (primary N) is 1. The maximum Gasteiger partial charge on any atom is 0.223 e. The standard InChI is InChI=1S/C13H12N8.C10H18/c1-15-11-10-7(6-17-12(10)19-13(14)18-11)8-2-3-9-16-4-5-21(9)20-8;1-2-6-10(7-3-1)8-4-5-9-10/h2-6H,1H3,(H4,14,15,17,18,19);1-9H2. The van der Waals surface area contributed by atoms with Crippen LogP contribution in [-0.4, -0.2) is 36.6 Å². The van der Waals surface area contributed by atoms with Crippen LogP contribution < -0.4 is 11.1 Å². The number of anilines is 2. The van der Waals surface area contributed by atoms with E-state index < -0.39 is 0 Å². The summed E-state index contributed by atoms with van der Waals surface area (Å²) < 4.78 is 1.73. The monoisotopic (exact) mass is 418 g/mol. The second kappa shape index (κ2) is 8.17. The van der Waals surface area contributed by atoms with Gasteiger partial charge in [-0.25, -0.2) is 9.50 Å². The molecule has 2 fully saturated rings. The zero-order chi connectivity index (χ0) is 21.3. The molecule has 0 aromatic carbocycles. The lowest BCUT2D eigenvalue weighted by molar-refractivity contribution is 0.197. The van der Waals surface area contributed by atoms with Crippen LogP contribution in [-0.2, 0) is 0 Å². The minimum absolute atomic E-state index is 0.221. The molecule has 8 nitrogen and oxygen atoms in total. The van der Waals surface area contributed by atoms with Crippen molar-refractivity contribution in [1.82, 2.24) is 29.5 Å². The third-order valence-electron chi connectivity index (χ3n) is 6.90. The van der Waals surface area contributed by atoms with Crippen LogP contribution in [0.2, 0.25) is 0 Å². The number of aromatic amines is 1. The van der Waals surface area contributed by atoms with Gasteiger partial charge in [0.2, 0.25) is 5.95 Å². The van der Waals surface area contributed by atoms with Crippen molar-refractivity contribution in [1.29, 1.82) is 0 Å². The largest absolute Gasteiger partial charge is 0.372 e. The van der Waals surface area contributed by atoms with Gasteiger partial charge in [-0.3, -0.25) is 0 Å². The summed E-state index contributed by atoms with van der Waals surface area (Å²) in [5.74, 6) is 0.888. The van der Waals surface area contributed by atoms with Gasteiger partial charge in [0.05, 0.1) is 11.1 Å². The average Bonchev–Trinajstić information content (AvgIpc) is 3.53. The molecule has 1 spiro atoms. The van der Waals surface area contributed by atoms with E-state index in [0.717, 1.165) is 27.7 Å². The minimum Gasteiger partial charge on any atom is -0.372 e. The van der Waals surface area contributed by atoms with Gasteiger partial charge >= 0.3 is 0 Å². The molecule has 4 heterocycles. The summed E-state index contributed by atoms with van der Waals surface area (Å²) in [5, 5.41) is 8.45. The van der Waals surface area contributed by atoms with Gasteiger partial charge in [0.15, 0.2) is 5.65 Å². The third kappa shape index (κ3) is 3.82. The van der Waals surface area contributed by atoms with E-state index in [2.05, 4.69) is 30.4 Å². The van der Waals surface area contributed by atoms with Gasteiger partial charge in [-0.05, 0) is 43.2 Å². The number of fused-ring (bicyclic) bond motifs is 2. The van der Waals surface area contributed by atoms with Crippen molar-refractivity contribution in [2.24, 2.45) is 5.41 Å². The highest BCUT2D eigenvalue weighted by atomic mass is 15.2. The maximum atomic E-state index is 5.70. The average molecular weight is 419 g/mol. The first-order valence-corrected chi connectivity index (χ1v) is 11.3. The molecule has 6 rings (SSSR count). The van der Waals surface area contributed by atoms with Gasteiger partial charge in [0, 0.05) is 31.2 Å². The quantitative estimate of drug-likeness (QED) is 0.431. The van der Waals surface area contributed by atoms with Crippen LogP contribution in [0.25, 0.3) is 27.9 Å². The number of nitrogen functional groups attached to an aromatic ring is 1. The smallest absolute Gasteiger partial charge is 0.223 e. The summed E-state index contributed by atoms with van der Waals surface area (Å²) in [6.07, 6.45) is 19.2. The molecule has 162 valence electrons. The van der Waals surface area contributed by atoms with Crippen molar-refractivity contribution >= 4 is 28.4 Å². The highest BCUT2D eigenvalue weighted by Gasteiger charge is 2.34. The van der Waals surface area contributed by atoms with Crippen LogP contribution in [0.15, 0.2) is 30.7 Å². The lowest BCUT2D eigenvalue weighted by Gasteiger charge is -2.32. The summed E-state index contributed by atoms with van der Waals surface area (Å²) in [6, 6.07) is 3.83. The zero-order valence-electron chi connectivity index (χ0n) is 18.1. The molecule has 0 unspecified atom stereocenters. The van der Waals surface area contributed by atoms with E-state index >= 15 is 0 Å². The molecule has 4 aromatic heterocycles. The fraction of sp³-hybridized carbons (Fsp3) is 0.478. The van der Waals surface area contributed by atoms with Crippen molar-refractivity contribution in [3.8, 4) is 11.3 Å². The van der Waals surface area contributed by atoms with Gasteiger partial charge in [-0.1, -0.05) is 32.1 Å². The Hall–Kier alpha value is -3.16. The van der Waals surface area contributed by atoms with Crippen molar-refractivity contribution < 1.29 is 0 Å². The van der Waals surface area contributed by atoms with Crippen molar-refractivity contribution in [3.05, 3.63) is 30.7 Å². The molecule has 8 heteroatoms. The first kappa shape index (κ1) is 19.8. The predicted molar refractivity (Wildman–Crippen MR) is 124 cm³/mol. The van der Waals surface area contributed by atoms with E-state index in [-0.39, 0.29) is 5.95 Å². The van der Waals surface area contributed by atoms with E-state index in [1.54, 1.807) is 49.6 Å². The number of nitrogens with one attached hydrogen (secondary N) is 2. The molecule has 0 radical (unpaired) electrons. The molecule has 0 atom stereocenters. The summed E-state index contributed by atoms with van der Waals surface area (Å²) in [5.41, 5.74) is 9.76. The Morgan fingerprint density at radius 3 is 2.52 bits per heavy atom. The van der Waals surface area contributed by atoms with E-state index in [4.69, 9.17) is 5.73 Å². The van der Waals surface area contributed by atoms with Crippen molar-refractivity contribution in [3.63, 3.8) is 0 Å². The molecule has 4 N–H and O–H groups in total. The highest BCUT2D eigenvalue weighted by Crippen LogP contribution is 2.48. The lowest BCUT2D eigenvalue weighted by atomic mass is 9.73. The van der Waals surface area contributed by atoms with Crippen LogP contribution in [0.4, 0.5) is 11.8 Å². The van der Waals surface area contributed by atoms with Gasteiger partial charge < -0.3 is 16.0 Å². The van der Waals surface area contributed by atoms with E-state index in [0.29, 0.717) is 11.5 Å². The number of nitrogens with zero attached hydrogens (tertiary/aromatic N) is 5. The van der Waals surface area contributed by atoms with E-state index in [1.807, 2.05) is 18.3 Å². The van der Waals surface area contributed by atoms with E-state index in [1.165, 1.54) is 32.1 Å². The molecule has 31 heavy (non-hydrogen) atoms. The Kier molecular flexibility index (Phi) is 5.21. The Balaban J connectivity index is 0.000000171. The SMILES string of the molecule is C1CCC2(CC1)CCCC2.CNc1nc(N)nc2[nH]cc(-c3ccc4nccn4n3)c12. The zero-order valence-corrected chi connectivity index (χ0v) is 18.1. The molecular weight excluding hydrogens is 388 g/mol. The number of H-pyrrole nitrogens is 1. The first-order valence-electron chi connectivity index (χ1n) is 11.3. The maximum absolute atomic E-state index is 5.70. The summed E-state index contributed by atoms with van der Waals surface area (Å²) in [6.45, 7) is 0. The van der Waals surface area contributed by atoms with Crippen LogP contribution in [0.1, 0.15) is 57.8 Å². The fourth-order valence-electron chi connectivity index (χ4n) is 5.32. The number of hydrogen-bond donors (Lipinski definition) is 3. The fourth-order valence-corrected chi connectivity index (χ4v) is 5.32. The topological polar surface area (TPSA) is 110 Å². The molecule has 0 amide bonds. The van der Waals surface area contributed by atoms with Crippen LogP contribution in [0.3, 0.4) is 0 Å².